The molecule has 2 unspecified atom stereocenters. The molecule has 0 aromatic carbocycles. The number of amides is 3. The Hall–Kier alpha value is -1.83. The van der Waals surface area contributed by atoms with Crippen molar-refractivity contribution in [1.29, 1.82) is 0 Å². The van der Waals surface area contributed by atoms with Gasteiger partial charge < -0.3 is 26.0 Å². The van der Waals surface area contributed by atoms with Crippen LogP contribution in [0.2, 0.25) is 0 Å². The number of carbonyl (C=O) groups is 3. The van der Waals surface area contributed by atoms with Crippen LogP contribution in [0.1, 0.15) is 25.7 Å². The summed E-state index contributed by atoms with van der Waals surface area (Å²) >= 11 is 0. The van der Waals surface area contributed by atoms with Crippen LogP contribution in [-0.4, -0.2) is 71.1 Å². The molecule has 0 aromatic rings. The molecule has 0 bridgehead atoms. The average Bonchev–Trinajstić information content (AvgIpc) is 2.84. The standard InChI is InChI=1S/C13H22N4O4/c14-11(18)7-17(8-12(19)20)13(21)15-9-3-5-16-4-1-2-10(16)6-9/h9-10H,1-8H2,(H2,14,18)(H,15,21)(H,19,20). The minimum atomic E-state index is -1.17. The van der Waals surface area contributed by atoms with E-state index in [0.29, 0.717) is 6.04 Å². The number of rotatable bonds is 5. The van der Waals surface area contributed by atoms with E-state index in [2.05, 4.69) is 10.2 Å². The monoisotopic (exact) mass is 298 g/mol. The number of nitrogens with two attached hydrogens (primary N) is 1. The number of fused-ring (bicyclic) bond motifs is 1. The fraction of sp³-hybridized carbons (Fsp3) is 0.769. The molecule has 2 fully saturated rings. The Balaban J connectivity index is 1.88. The molecule has 0 aliphatic carbocycles. The lowest BCUT2D eigenvalue weighted by molar-refractivity contribution is -0.137. The number of carboxylic acid groups (broad SMARTS) is 1. The topological polar surface area (TPSA) is 116 Å². The van der Waals surface area contributed by atoms with E-state index in [0.717, 1.165) is 37.3 Å². The van der Waals surface area contributed by atoms with E-state index >= 15 is 0 Å². The van der Waals surface area contributed by atoms with Gasteiger partial charge in [-0.3, -0.25) is 9.59 Å². The maximum absolute atomic E-state index is 12.1. The number of carbonyl (C=O) groups excluding carboxylic acids is 2. The first kappa shape index (κ1) is 15.6. The Morgan fingerprint density at radius 2 is 2.00 bits per heavy atom. The number of primary amides is 1. The van der Waals surface area contributed by atoms with Gasteiger partial charge >= 0.3 is 12.0 Å². The largest absolute Gasteiger partial charge is 0.480 e. The van der Waals surface area contributed by atoms with Crippen LogP contribution in [0.5, 0.6) is 0 Å². The minimum absolute atomic E-state index is 0.0287. The Morgan fingerprint density at radius 1 is 1.24 bits per heavy atom. The van der Waals surface area contributed by atoms with Crippen LogP contribution < -0.4 is 11.1 Å². The minimum Gasteiger partial charge on any atom is -0.480 e. The first-order valence-corrected chi connectivity index (χ1v) is 7.25. The Morgan fingerprint density at radius 3 is 2.67 bits per heavy atom. The molecular weight excluding hydrogens is 276 g/mol. The van der Waals surface area contributed by atoms with Crippen LogP contribution in [0.25, 0.3) is 0 Å². The summed E-state index contributed by atoms with van der Waals surface area (Å²) in [6, 6.07) is 0.00165. The van der Waals surface area contributed by atoms with Crippen molar-refractivity contribution in [2.45, 2.75) is 37.8 Å². The van der Waals surface area contributed by atoms with Crippen LogP contribution in [0.3, 0.4) is 0 Å². The quantitative estimate of drug-likeness (QED) is 0.614. The van der Waals surface area contributed by atoms with E-state index in [4.69, 9.17) is 10.8 Å². The third-order valence-electron chi connectivity index (χ3n) is 4.11. The van der Waals surface area contributed by atoms with Gasteiger partial charge in [-0.05, 0) is 32.2 Å². The highest BCUT2D eigenvalue weighted by Crippen LogP contribution is 2.26. The third kappa shape index (κ3) is 4.32. The van der Waals surface area contributed by atoms with E-state index in [1.807, 2.05) is 0 Å². The number of aliphatic carboxylic acids is 1. The van der Waals surface area contributed by atoms with Gasteiger partial charge in [-0.15, -0.1) is 0 Å². The summed E-state index contributed by atoms with van der Waals surface area (Å²) in [4.78, 5) is 37.2. The number of carboxylic acids is 1. The zero-order valence-corrected chi connectivity index (χ0v) is 12.0. The summed E-state index contributed by atoms with van der Waals surface area (Å²) < 4.78 is 0. The van der Waals surface area contributed by atoms with Crippen molar-refractivity contribution >= 4 is 17.9 Å². The molecule has 8 nitrogen and oxygen atoms in total. The van der Waals surface area contributed by atoms with E-state index in [1.54, 1.807) is 0 Å². The number of urea groups is 1. The SMILES string of the molecule is NC(=O)CN(CC(=O)O)C(=O)NC1CCN2CCCC2C1. The molecular formula is C13H22N4O4. The molecule has 2 aliphatic rings. The van der Waals surface area contributed by atoms with Gasteiger partial charge in [0.15, 0.2) is 0 Å². The van der Waals surface area contributed by atoms with Crippen molar-refractivity contribution in [2.24, 2.45) is 5.73 Å². The summed E-state index contributed by atoms with van der Waals surface area (Å²) in [7, 11) is 0. The van der Waals surface area contributed by atoms with Gasteiger partial charge in [0.05, 0.1) is 0 Å². The second-order valence-electron chi connectivity index (χ2n) is 5.72. The van der Waals surface area contributed by atoms with Gasteiger partial charge in [0.1, 0.15) is 13.1 Å². The highest BCUT2D eigenvalue weighted by atomic mass is 16.4. The second-order valence-corrected chi connectivity index (χ2v) is 5.72. The lowest BCUT2D eigenvalue weighted by atomic mass is 9.98. The third-order valence-corrected chi connectivity index (χ3v) is 4.11. The number of nitrogens with zero attached hydrogens (tertiary/aromatic N) is 2. The predicted molar refractivity (Wildman–Crippen MR) is 74.6 cm³/mol. The first-order valence-electron chi connectivity index (χ1n) is 7.25. The molecule has 2 atom stereocenters. The van der Waals surface area contributed by atoms with Gasteiger partial charge in [-0.2, -0.15) is 0 Å². The highest BCUT2D eigenvalue weighted by molar-refractivity contribution is 5.86. The summed E-state index contributed by atoms with van der Waals surface area (Å²) in [6.45, 7) is 1.15. The molecule has 2 rings (SSSR count). The molecule has 2 heterocycles. The van der Waals surface area contributed by atoms with Crippen LogP contribution in [0, 0.1) is 0 Å². The van der Waals surface area contributed by atoms with E-state index < -0.39 is 24.5 Å². The van der Waals surface area contributed by atoms with Gasteiger partial charge in [0.2, 0.25) is 5.91 Å². The molecule has 8 heteroatoms. The molecule has 0 aromatic heterocycles. The molecule has 2 saturated heterocycles. The molecule has 0 radical (unpaired) electrons. The van der Waals surface area contributed by atoms with Crippen molar-refractivity contribution in [3.63, 3.8) is 0 Å². The number of hydrogen-bond donors (Lipinski definition) is 3. The smallest absolute Gasteiger partial charge is 0.323 e. The molecule has 21 heavy (non-hydrogen) atoms. The number of nitrogens with one attached hydrogen (secondary N) is 1. The second kappa shape index (κ2) is 6.75. The molecule has 118 valence electrons. The van der Waals surface area contributed by atoms with E-state index in [-0.39, 0.29) is 12.6 Å². The fourth-order valence-corrected chi connectivity index (χ4v) is 3.17. The Bertz CT molecular complexity index is 412. The first-order chi connectivity index (χ1) is 9.95. The lowest BCUT2D eigenvalue weighted by Gasteiger charge is -2.35. The molecule has 0 spiro atoms. The van der Waals surface area contributed by atoms with E-state index in [9.17, 15) is 14.4 Å². The van der Waals surface area contributed by atoms with Crippen molar-refractivity contribution < 1.29 is 19.5 Å². The summed E-state index contributed by atoms with van der Waals surface area (Å²) in [5.74, 6) is -1.89. The average molecular weight is 298 g/mol. The summed E-state index contributed by atoms with van der Waals surface area (Å²) in [6.07, 6.45) is 4.06. The molecule has 4 N–H and O–H groups in total. The Labute approximate surface area is 123 Å². The number of piperidine rings is 1. The lowest BCUT2D eigenvalue weighted by Crippen LogP contribution is -2.53. The van der Waals surface area contributed by atoms with Crippen LogP contribution in [0.15, 0.2) is 0 Å². The predicted octanol–water partition coefficient (Wildman–Crippen LogP) is -0.805. The van der Waals surface area contributed by atoms with Crippen LogP contribution in [-0.2, 0) is 9.59 Å². The van der Waals surface area contributed by atoms with Crippen molar-refractivity contribution in [3.05, 3.63) is 0 Å². The summed E-state index contributed by atoms with van der Waals surface area (Å²) in [5, 5.41) is 11.6. The van der Waals surface area contributed by atoms with Crippen LogP contribution in [0.4, 0.5) is 4.79 Å². The normalized spacial score (nSPS) is 25.1. The van der Waals surface area contributed by atoms with Crippen molar-refractivity contribution in [3.8, 4) is 0 Å². The molecule has 2 aliphatic heterocycles. The van der Waals surface area contributed by atoms with Gasteiger partial charge in [-0.1, -0.05) is 0 Å². The maximum Gasteiger partial charge on any atom is 0.323 e. The highest BCUT2D eigenvalue weighted by Gasteiger charge is 2.33. The van der Waals surface area contributed by atoms with Gasteiger partial charge in [-0.25, -0.2) is 4.79 Å². The maximum atomic E-state index is 12.1. The van der Waals surface area contributed by atoms with Gasteiger partial charge in [0, 0.05) is 18.6 Å². The van der Waals surface area contributed by atoms with Crippen molar-refractivity contribution in [2.75, 3.05) is 26.2 Å². The van der Waals surface area contributed by atoms with Crippen molar-refractivity contribution in [1.82, 2.24) is 15.1 Å². The molecule has 3 amide bonds. The zero-order valence-electron chi connectivity index (χ0n) is 12.0. The fourth-order valence-electron chi connectivity index (χ4n) is 3.17. The van der Waals surface area contributed by atoms with Crippen LogP contribution >= 0.6 is 0 Å². The molecule has 0 saturated carbocycles. The summed E-state index contributed by atoms with van der Waals surface area (Å²) in [5.41, 5.74) is 5.05. The van der Waals surface area contributed by atoms with E-state index in [1.165, 1.54) is 6.42 Å². The van der Waals surface area contributed by atoms with Gasteiger partial charge in [0.25, 0.3) is 0 Å². The zero-order chi connectivity index (χ0) is 15.4. The Kier molecular flexibility index (Phi) is 5.00. The number of hydrogen-bond acceptors (Lipinski definition) is 4.